The van der Waals surface area contributed by atoms with Gasteiger partial charge >= 0.3 is 0 Å². The minimum Gasteiger partial charge on any atom is -0.507 e. The van der Waals surface area contributed by atoms with Crippen LogP contribution < -0.4 is 5.32 Å². The number of hydrogen-bond acceptors (Lipinski definition) is 3. The summed E-state index contributed by atoms with van der Waals surface area (Å²) in [5.74, 6) is 0.931. The summed E-state index contributed by atoms with van der Waals surface area (Å²) in [6, 6.07) is 4.41. The van der Waals surface area contributed by atoms with Crippen molar-refractivity contribution in [2.24, 2.45) is 5.92 Å². The van der Waals surface area contributed by atoms with Gasteiger partial charge in [-0.2, -0.15) is 0 Å². The first kappa shape index (κ1) is 15.0. The third-order valence-electron chi connectivity index (χ3n) is 3.27. The van der Waals surface area contributed by atoms with Gasteiger partial charge in [0.15, 0.2) is 0 Å². The number of methoxy groups -OCH3 is 1. The fraction of sp³-hybridized carbons (Fsp3) is 0.600. The molecular formula is C15H25NO2. The van der Waals surface area contributed by atoms with E-state index in [4.69, 9.17) is 4.74 Å². The van der Waals surface area contributed by atoms with E-state index in [-0.39, 0.29) is 0 Å². The highest BCUT2D eigenvalue weighted by molar-refractivity contribution is 5.42. The Bertz CT molecular complexity index is 365. The smallest absolute Gasteiger partial charge is 0.121 e. The van der Waals surface area contributed by atoms with Crippen LogP contribution in [0.2, 0.25) is 0 Å². The second-order valence-electron chi connectivity index (χ2n) is 5.26. The van der Waals surface area contributed by atoms with Crippen molar-refractivity contribution >= 4 is 0 Å². The zero-order chi connectivity index (χ0) is 13.7. The fourth-order valence-corrected chi connectivity index (χ4v) is 2.06. The van der Waals surface area contributed by atoms with Crippen LogP contribution in [0.15, 0.2) is 12.1 Å². The first-order valence-electron chi connectivity index (χ1n) is 6.47. The highest BCUT2D eigenvalue weighted by atomic mass is 16.5. The second kappa shape index (κ2) is 6.76. The SMILES string of the molecule is COCC(NCc1cc(C)c(O)c(C)c1)C(C)C. The van der Waals surface area contributed by atoms with Gasteiger partial charge < -0.3 is 15.2 Å². The third kappa shape index (κ3) is 4.00. The van der Waals surface area contributed by atoms with Crippen LogP contribution in [-0.4, -0.2) is 24.9 Å². The molecule has 0 aromatic heterocycles. The van der Waals surface area contributed by atoms with Gasteiger partial charge in [0.25, 0.3) is 0 Å². The van der Waals surface area contributed by atoms with Gasteiger partial charge in [-0.25, -0.2) is 0 Å². The van der Waals surface area contributed by atoms with Crippen LogP contribution in [0.4, 0.5) is 0 Å². The van der Waals surface area contributed by atoms with Crippen LogP contribution in [-0.2, 0) is 11.3 Å². The van der Waals surface area contributed by atoms with Crippen LogP contribution in [0.5, 0.6) is 5.75 Å². The lowest BCUT2D eigenvalue weighted by Gasteiger charge is -2.22. The molecule has 0 radical (unpaired) electrons. The summed E-state index contributed by atoms with van der Waals surface area (Å²) in [7, 11) is 1.73. The zero-order valence-corrected chi connectivity index (χ0v) is 12.1. The van der Waals surface area contributed by atoms with E-state index in [2.05, 4.69) is 19.2 Å². The molecule has 1 rings (SSSR count). The summed E-state index contributed by atoms with van der Waals surface area (Å²) in [6.07, 6.45) is 0. The van der Waals surface area contributed by atoms with E-state index in [1.807, 2.05) is 26.0 Å². The van der Waals surface area contributed by atoms with Crippen molar-refractivity contribution < 1.29 is 9.84 Å². The molecule has 1 aromatic carbocycles. The maximum absolute atomic E-state index is 9.74. The van der Waals surface area contributed by atoms with E-state index >= 15 is 0 Å². The molecule has 0 saturated heterocycles. The molecule has 0 fully saturated rings. The molecule has 0 aliphatic carbocycles. The molecule has 0 heterocycles. The Morgan fingerprint density at radius 2 is 1.78 bits per heavy atom. The second-order valence-corrected chi connectivity index (χ2v) is 5.26. The Kier molecular flexibility index (Phi) is 5.63. The van der Waals surface area contributed by atoms with Gasteiger partial charge in [-0.05, 0) is 36.5 Å². The number of ether oxygens (including phenoxy) is 1. The monoisotopic (exact) mass is 251 g/mol. The quantitative estimate of drug-likeness (QED) is 0.817. The largest absolute Gasteiger partial charge is 0.507 e. The highest BCUT2D eigenvalue weighted by Crippen LogP contribution is 2.22. The van der Waals surface area contributed by atoms with Crippen molar-refractivity contribution in [2.75, 3.05) is 13.7 Å². The number of aromatic hydroxyl groups is 1. The molecule has 0 aliphatic rings. The Balaban J connectivity index is 2.67. The summed E-state index contributed by atoms with van der Waals surface area (Å²) >= 11 is 0. The van der Waals surface area contributed by atoms with Crippen molar-refractivity contribution in [1.29, 1.82) is 0 Å². The number of nitrogens with one attached hydrogen (secondary N) is 1. The maximum atomic E-state index is 9.74. The molecule has 102 valence electrons. The van der Waals surface area contributed by atoms with Crippen LogP contribution in [0.25, 0.3) is 0 Å². The zero-order valence-electron chi connectivity index (χ0n) is 12.1. The van der Waals surface area contributed by atoms with E-state index in [0.29, 0.717) is 24.3 Å². The molecular weight excluding hydrogens is 226 g/mol. The number of hydrogen-bond donors (Lipinski definition) is 2. The molecule has 3 nitrogen and oxygen atoms in total. The normalized spacial score (nSPS) is 13.0. The Hall–Kier alpha value is -1.06. The Morgan fingerprint density at radius 1 is 1.22 bits per heavy atom. The number of benzene rings is 1. The molecule has 3 heteroatoms. The molecule has 0 spiro atoms. The van der Waals surface area contributed by atoms with Crippen molar-refractivity contribution in [1.82, 2.24) is 5.32 Å². The van der Waals surface area contributed by atoms with Crippen molar-refractivity contribution in [3.8, 4) is 5.75 Å². The summed E-state index contributed by atoms with van der Waals surface area (Å²) in [5, 5.41) is 13.2. The van der Waals surface area contributed by atoms with Gasteiger partial charge in [-0.1, -0.05) is 26.0 Å². The van der Waals surface area contributed by atoms with Crippen molar-refractivity contribution in [2.45, 2.75) is 40.3 Å². The van der Waals surface area contributed by atoms with Gasteiger partial charge in [0, 0.05) is 19.7 Å². The number of rotatable bonds is 6. The number of phenolic OH excluding ortho intramolecular Hbond substituents is 1. The predicted octanol–water partition coefficient (Wildman–Crippen LogP) is 2.77. The Morgan fingerprint density at radius 3 is 2.22 bits per heavy atom. The Labute approximate surface area is 110 Å². The molecule has 1 aromatic rings. The average Bonchev–Trinajstić information content (AvgIpc) is 2.30. The van der Waals surface area contributed by atoms with Crippen molar-refractivity contribution in [3.63, 3.8) is 0 Å². The van der Waals surface area contributed by atoms with Crippen LogP contribution in [0.1, 0.15) is 30.5 Å². The fourth-order valence-electron chi connectivity index (χ4n) is 2.06. The van der Waals surface area contributed by atoms with Gasteiger partial charge in [0.1, 0.15) is 5.75 Å². The van der Waals surface area contributed by atoms with Crippen LogP contribution in [0.3, 0.4) is 0 Å². The van der Waals surface area contributed by atoms with Gasteiger partial charge in [-0.3, -0.25) is 0 Å². The predicted molar refractivity (Wildman–Crippen MR) is 74.9 cm³/mol. The molecule has 0 aliphatic heterocycles. The lowest BCUT2D eigenvalue weighted by atomic mass is 10.0. The maximum Gasteiger partial charge on any atom is 0.121 e. The van der Waals surface area contributed by atoms with Crippen molar-refractivity contribution in [3.05, 3.63) is 28.8 Å². The standard InChI is InChI=1S/C15H25NO2/c1-10(2)14(9-18-5)16-8-13-6-11(3)15(17)12(4)7-13/h6-7,10,14,16-17H,8-9H2,1-5H3. The van der Waals surface area contributed by atoms with Crippen LogP contribution >= 0.6 is 0 Å². The lowest BCUT2D eigenvalue weighted by molar-refractivity contribution is 0.146. The number of aryl methyl sites for hydroxylation is 2. The molecule has 0 saturated carbocycles. The molecule has 0 amide bonds. The van der Waals surface area contributed by atoms with Gasteiger partial charge in [-0.15, -0.1) is 0 Å². The topological polar surface area (TPSA) is 41.5 Å². The first-order chi connectivity index (χ1) is 8.45. The van der Waals surface area contributed by atoms with E-state index in [0.717, 1.165) is 17.7 Å². The summed E-state index contributed by atoms with van der Waals surface area (Å²) in [6.45, 7) is 9.75. The van der Waals surface area contributed by atoms with Crippen LogP contribution in [0, 0.1) is 19.8 Å². The van der Waals surface area contributed by atoms with Gasteiger partial charge in [0.05, 0.1) is 6.61 Å². The first-order valence-corrected chi connectivity index (χ1v) is 6.47. The minimum absolute atomic E-state index is 0.351. The highest BCUT2D eigenvalue weighted by Gasteiger charge is 2.12. The average molecular weight is 251 g/mol. The summed E-state index contributed by atoms with van der Waals surface area (Å²) in [4.78, 5) is 0. The van der Waals surface area contributed by atoms with Gasteiger partial charge in [0.2, 0.25) is 0 Å². The van der Waals surface area contributed by atoms with E-state index in [9.17, 15) is 5.11 Å². The third-order valence-corrected chi connectivity index (χ3v) is 3.27. The van der Waals surface area contributed by atoms with E-state index < -0.39 is 0 Å². The molecule has 0 bridgehead atoms. The summed E-state index contributed by atoms with van der Waals surface area (Å²) < 4.78 is 5.22. The van der Waals surface area contributed by atoms with E-state index in [1.165, 1.54) is 5.56 Å². The molecule has 1 atom stereocenters. The molecule has 18 heavy (non-hydrogen) atoms. The minimum atomic E-state index is 0.351. The number of phenols is 1. The summed E-state index contributed by atoms with van der Waals surface area (Å²) in [5.41, 5.74) is 3.06. The molecule has 2 N–H and O–H groups in total. The molecule has 1 unspecified atom stereocenters. The lowest BCUT2D eigenvalue weighted by Crippen LogP contribution is -2.37. The van der Waals surface area contributed by atoms with E-state index in [1.54, 1.807) is 7.11 Å².